The molecule has 1 aliphatic heterocycles. The van der Waals surface area contributed by atoms with Gasteiger partial charge in [0.1, 0.15) is 5.03 Å². The zero-order valence-electron chi connectivity index (χ0n) is 13.2. The highest BCUT2D eigenvalue weighted by Gasteiger charge is 2.20. The summed E-state index contributed by atoms with van der Waals surface area (Å²) in [5, 5.41) is 2.12. The second kappa shape index (κ2) is 6.69. The van der Waals surface area contributed by atoms with Gasteiger partial charge in [-0.05, 0) is 43.4 Å². The molecule has 4 heteroatoms. The lowest BCUT2D eigenvalue weighted by atomic mass is 9.99. The van der Waals surface area contributed by atoms with Gasteiger partial charge in [-0.1, -0.05) is 36.9 Å². The van der Waals surface area contributed by atoms with Crippen molar-refractivity contribution < 1.29 is 4.79 Å². The molecule has 1 aromatic carbocycles. The Balaban J connectivity index is 1.66. The van der Waals surface area contributed by atoms with E-state index in [0.717, 1.165) is 53.3 Å². The van der Waals surface area contributed by atoms with Crippen molar-refractivity contribution >= 4 is 28.6 Å². The third-order valence-electron chi connectivity index (χ3n) is 4.34. The second-order valence-electron chi connectivity index (χ2n) is 6.16. The first-order valence-electron chi connectivity index (χ1n) is 7.90. The van der Waals surface area contributed by atoms with Crippen LogP contribution in [0.15, 0.2) is 35.4 Å². The normalized spacial score (nSPS) is 16.2. The highest BCUT2D eigenvalue weighted by Crippen LogP contribution is 2.25. The molecule has 2 heterocycles. The fourth-order valence-electron chi connectivity index (χ4n) is 2.83. The minimum Gasteiger partial charge on any atom is -0.342 e. The van der Waals surface area contributed by atoms with Gasteiger partial charge in [0.25, 0.3) is 0 Å². The van der Waals surface area contributed by atoms with Crippen LogP contribution in [0.1, 0.15) is 25.3 Å². The molecule has 0 unspecified atom stereocenters. The zero-order chi connectivity index (χ0) is 15.5. The van der Waals surface area contributed by atoms with Gasteiger partial charge in [-0.3, -0.25) is 4.79 Å². The molecular weight excluding hydrogens is 292 g/mol. The lowest BCUT2D eigenvalue weighted by molar-refractivity contribution is -0.129. The Kier molecular flexibility index (Phi) is 4.67. The highest BCUT2D eigenvalue weighted by molar-refractivity contribution is 7.99. The van der Waals surface area contributed by atoms with Crippen molar-refractivity contribution in [2.75, 3.05) is 18.8 Å². The second-order valence-corrected chi connectivity index (χ2v) is 7.12. The number of carbonyl (C=O) groups excluding carboxylic acids is 1. The molecule has 22 heavy (non-hydrogen) atoms. The molecule has 0 saturated carbocycles. The number of benzene rings is 1. The van der Waals surface area contributed by atoms with E-state index in [1.165, 1.54) is 0 Å². The number of hydrogen-bond donors (Lipinski definition) is 0. The number of likely N-dealkylation sites (tertiary alicyclic amines) is 1. The van der Waals surface area contributed by atoms with Crippen molar-refractivity contribution in [1.29, 1.82) is 0 Å². The van der Waals surface area contributed by atoms with Gasteiger partial charge >= 0.3 is 0 Å². The van der Waals surface area contributed by atoms with Crippen LogP contribution >= 0.6 is 11.8 Å². The lowest BCUT2D eigenvalue weighted by Gasteiger charge is -2.30. The molecule has 0 N–H and O–H groups in total. The molecular formula is C18H22N2OS. The smallest absolute Gasteiger partial charge is 0.232 e. The fourth-order valence-corrected chi connectivity index (χ4v) is 3.72. The minimum absolute atomic E-state index is 0.242. The number of nitrogens with zero attached hydrogens (tertiary/aromatic N) is 2. The van der Waals surface area contributed by atoms with Crippen molar-refractivity contribution in [1.82, 2.24) is 9.88 Å². The summed E-state index contributed by atoms with van der Waals surface area (Å²) in [6.45, 7) is 6.14. The van der Waals surface area contributed by atoms with Crippen molar-refractivity contribution in [3.8, 4) is 0 Å². The van der Waals surface area contributed by atoms with Crippen LogP contribution in [0.5, 0.6) is 0 Å². The number of aryl methyl sites for hydroxylation is 1. The topological polar surface area (TPSA) is 33.2 Å². The monoisotopic (exact) mass is 314 g/mol. The molecule has 0 radical (unpaired) electrons. The Bertz CT molecular complexity index is 678. The van der Waals surface area contributed by atoms with Gasteiger partial charge in [0, 0.05) is 18.5 Å². The number of carbonyl (C=O) groups is 1. The van der Waals surface area contributed by atoms with Crippen LogP contribution < -0.4 is 0 Å². The molecule has 2 aromatic rings. The minimum atomic E-state index is 0.242. The molecule has 0 spiro atoms. The predicted octanol–water partition coefficient (Wildman–Crippen LogP) is 3.89. The molecule has 1 saturated heterocycles. The van der Waals surface area contributed by atoms with E-state index in [9.17, 15) is 4.79 Å². The number of aromatic nitrogens is 1. The Morgan fingerprint density at radius 1 is 1.32 bits per heavy atom. The SMILES string of the molecule is Cc1cc2ccccc2nc1SCC(=O)N1CCC(C)CC1. The first kappa shape index (κ1) is 15.3. The summed E-state index contributed by atoms with van der Waals surface area (Å²) >= 11 is 1.56. The summed E-state index contributed by atoms with van der Waals surface area (Å²) in [7, 11) is 0. The Hall–Kier alpha value is -1.55. The van der Waals surface area contributed by atoms with Crippen molar-refractivity contribution in [2.24, 2.45) is 5.92 Å². The number of amides is 1. The Labute approximate surface area is 136 Å². The molecule has 1 aromatic heterocycles. The molecule has 116 valence electrons. The Morgan fingerprint density at radius 3 is 2.82 bits per heavy atom. The third kappa shape index (κ3) is 3.43. The molecule has 0 bridgehead atoms. The van der Waals surface area contributed by atoms with E-state index in [4.69, 9.17) is 4.98 Å². The fraction of sp³-hybridized carbons (Fsp3) is 0.444. The van der Waals surface area contributed by atoms with E-state index in [1.54, 1.807) is 11.8 Å². The van der Waals surface area contributed by atoms with Crippen LogP contribution in [0.4, 0.5) is 0 Å². The molecule has 3 rings (SSSR count). The zero-order valence-corrected chi connectivity index (χ0v) is 14.0. The number of thioether (sulfide) groups is 1. The lowest BCUT2D eigenvalue weighted by Crippen LogP contribution is -2.38. The molecule has 1 fully saturated rings. The summed E-state index contributed by atoms with van der Waals surface area (Å²) in [5.74, 6) is 1.48. The van der Waals surface area contributed by atoms with Gasteiger partial charge in [0.05, 0.1) is 11.3 Å². The summed E-state index contributed by atoms with van der Waals surface area (Å²) in [6.07, 6.45) is 2.26. The van der Waals surface area contributed by atoms with E-state index in [2.05, 4.69) is 26.0 Å². The first-order valence-corrected chi connectivity index (χ1v) is 8.89. The standard InChI is InChI=1S/C18H22N2OS/c1-13-7-9-20(10-8-13)17(21)12-22-18-14(2)11-15-5-3-4-6-16(15)19-18/h3-6,11,13H,7-10,12H2,1-2H3. The van der Waals surface area contributed by atoms with E-state index < -0.39 is 0 Å². The summed E-state index contributed by atoms with van der Waals surface area (Å²) < 4.78 is 0. The third-order valence-corrected chi connectivity index (χ3v) is 5.41. The Morgan fingerprint density at radius 2 is 2.05 bits per heavy atom. The van der Waals surface area contributed by atoms with Gasteiger partial charge in [-0.25, -0.2) is 4.98 Å². The van der Waals surface area contributed by atoms with Gasteiger partial charge in [-0.15, -0.1) is 0 Å². The maximum absolute atomic E-state index is 12.3. The molecule has 1 aliphatic rings. The largest absolute Gasteiger partial charge is 0.342 e. The van der Waals surface area contributed by atoms with Crippen LogP contribution in [0.2, 0.25) is 0 Å². The van der Waals surface area contributed by atoms with Crippen LogP contribution in [-0.4, -0.2) is 34.6 Å². The van der Waals surface area contributed by atoms with Crippen LogP contribution in [-0.2, 0) is 4.79 Å². The van der Waals surface area contributed by atoms with Gasteiger partial charge in [0.2, 0.25) is 5.91 Å². The van der Waals surface area contributed by atoms with Crippen LogP contribution in [0, 0.1) is 12.8 Å². The maximum Gasteiger partial charge on any atom is 0.232 e. The van der Waals surface area contributed by atoms with Crippen LogP contribution in [0.3, 0.4) is 0 Å². The molecule has 0 atom stereocenters. The molecule has 3 nitrogen and oxygen atoms in total. The molecule has 1 amide bonds. The quantitative estimate of drug-likeness (QED) is 0.806. The number of pyridine rings is 1. The number of hydrogen-bond acceptors (Lipinski definition) is 3. The summed E-state index contributed by atoms with van der Waals surface area (Å²) in [4.78, 5) is 19.0. The average molecular weight is 314 g/mol. The van der Waals surface area contributed by atoms with Gasteiger partial charge in [0.15, 0.2) is 0 Å². The van der Waals surface area contributed by atoms with E-state index >= 15 is 0 Å². The van der Waals surface area contributed by atoms with Crippen molar-refractivity contribution in [3.63, 3.8) is 0 Å². The average Bonchev–Trinajstić information content (AvgIpc) is 2.53. The number of rotatable bonds is 3. The van der Waals surface area contributed by atoms with E-state index in [0.29, 0.717) is 5.75 Å². The van der Waals surface area contributed by atoms with Gasteiger partial charge in [-0.2, -0.15) is 0 Å². The number of piperidine rings is 1. The van der Waals surface area contributed by atoms with E-state index in [-0.39, 0.29) is 5.91 Å². The molecule has 0 aliphatic carbocycles. The van der Waals surface area contributed by atoms with Crippen molar-refractivity contribution in [3.05, 3.63) is 35.9 Å². The summed E-state index contributed by atoms with van der Waals surface area (Å²) in [5.41, 5.74) is 2.14. The summed E-state index contributed by atoms with van der Waals surface area (Å²) in [6, 6.07) is 10.3. The number of fused-ring (bicyclic) bond motifs is 1. The first-order chi connectivity index (χ1) is 10.6. The van der Waals surface area contributed by atoms with Crippen LogP contribution in [0.25, 0.3) is 10.9 Å². The number of para-hydroxylation sites is 1. The van der Waals surface area contributed by atoms with Crippen molar-refractivity contribution in [2.45, 2.75) is 31.7 Å². The highest BCUT2D eigenvalue weighted by atomic mass is 32.2. The van der Waals surface area contributed by atoms with E-state index in [1.807, 2.05) is 23.1 Å². The van der Waals surface area contributed by atoms with Gasteiger partial charge < -0.3 is 4.90 Å². The predicted molar refractivity (Wildman–Crippen MR) is 92.2 cm³/mol. The maximum atomic E-state index is 12.3.